The number of nitrogens with zero attached hydrogens (tertiary/aromatic N) is 2. The number of hydrogen-bond acceptors (Lipinski definition) is 6. The Bertz CT molecular complexity index is 1180. The Balaban J connectivity index is 1.42. The van der Waals surface area contributed by atoms with E-state index in [-0.39, 0.29) is 6.61 Å². The molecule has 4 rings (SSSR count). The first-order valence-corrected chi connectivity index (χ1v) is 11.2. The van der Waals surface area contributed by atoms with E-state index in [1.807, 2.05) is 91.0 Å². The van der Waals surface area contributed by atoms with Crippen LogP contribution in [0.4, 0.5) is 9.93 Å². The van der Waals surface area contributed by atoms with Gasteiger partial charge < -0.3 is 10.1 Å². The van der Waals surface area contributed by atoms with Gasteiger partial charge in [-0.3, -0.25) is 10.1 Å². The molecule has 0 aliphatic heterocycles. The second kappa shape index (κ2) is 11.0. The SMILES string of the molecule is O=C(NC(Cc1ccccc1)C(=O)Nc1nc(-c2ccccc2)ns1)OCc1ccccc1. The highest BCUT2D eigenvalue weighted by molar-refractivity contribution is 7.10. The van der Waals surface area contributed by atoms with Gasteiger partial charge in [0.25, 0.3) is 0 Å². The van der Waals surface area contributed by atoms with Crippen LogP contribution in [0.2, 0.25) is 0 Å². The first kappa shape index (κ1) is 22.2. The summed E-state index contributed by atoms with van der Waals surface area (Å²) in [5, 5.41) is 5.80. The van der Waals surface area contributed by atoms with Crippen LogP contribution in [0.1, 0.15) is 11.1 Å². The van der Waals surface area contributed by atoms with Gasteiger partial charge in [0.15, 0.2) is 5.82 Å². The first-order valence-electron chi connectivity index (χ1n) is 10.4. The van der Waals surface area contributed by atoms with E-state index in [9.17, 15) is 9.59 Å². The molecule has 0 aliphatic carbocycles. The molecule has 7 nitrogen and oxygen atoms in total. The molecule has 0 fully saturated rings. The van der Waals surface area contributed by atoms with E-state index < -0.39 is 18.0 Å². The Labute approximate surface area is 195 Å². The minimum Gasteiger partial charge on any atom is -0.445 e. The number of benzene rings is 3. The molecule has 1 aromatic heterocycles. The van der Waals surface area contributed by atoms with Gasteiger partial charge in [0.1, 0.15) is 12.6 Å². The molecule has 2 amide bonds. The fourth-order valence-electron chi connectivity index (χ4n) is 3.14. The Hall–Kier alpha value is -4.04. The Morgan fingerprint density at radius 2 is 1.45 bits per heavy atom. The molecule has 0 saturated carbocycles. The summed E-state index contributed by atoms with van der Waals surface area (Å²) in [7, 11) is 0. The molecule has 0 aliphatic rings. The number of nitrogens with one attached hydrogen (secondary N) is 2. The number of amides is 2. The molecule has 0 saturated heterocycles. The molecule has 0 bridgehead atoms. The minimum atomic E-state index is -0.847. The summed E-state index contributed by atoms with van der Waals surface area (Å²) in [6, 6.07) is 27.5. The predicted octanol–water partition coefficient (Wildman–Crippen LogP) is 4.68. The number of rotatable bonds is 8. The lowest BCUT2D eigenvalue weighted by Crippen LogP contribution is -2.45. The molecule has 8 heteroatoms. The quantitative estimate of drug-likeness (QED) is 0.400. The zero-order chi connectivity index (χ0) is 22.9. The van der Waals surface area contributed by atoms with Gasteiger partial charge in [0.05, 0.1) is 0 Å². The zero-order valence-corrected chi connectivity index (χ0v) is 18.5. The van der Waals surface area contributed by atoms with Gasteiger partial charge in [-0.1, -0.05) is 91.0 Å². The molecule has 1 unspecified atom stereocenters. The summed E-state index contributed by atoms with van der Waals surface area (Å²) in [5.74, 6) is 0.136. The topological polar surface area (TPSA) is 93.2 Å². The summed E-state index contributed by atoms with van der Waals surface area (Å²) in [6.45, 7) is 0.114. The summed E-state index contributed by atoms with van der Waals surface area (Å²) in [4.78, 5) is 29.9. The highest BCUT2D eigenvalue weighted by Crippen LogP contribution is 2.21. The van der Waals surface area contributed by atoms with Crippen LogP contribution in [0.5, 0.6) is 0 Å². The lowest BCUT2D eigenvalue weighted by molar-refractivity contribution is -0.118. The standard InChI is InChI=1S/C25H22N4O3S/c30-23(28-24-27-22(29-33-24)20-14-8-3-9-15-20)21(16-18-10-4-1-5-11-18)26-25(31)32-17-19-12-6-2-7-13-19/h1-15,21H,16-17H2,(H,26,31)(H,27,28,29,30). The van der Waals surface area contributed by atoms with Crippen LogP contribution in [0.25, 0.3) is 11.4 Å². The summed E-state index contributed by atoms with van der Waals surface area (Å²) >= 11 is 1.09. The number of hydrogen-bond donors (Lipinski definition) is 2. The van der Waals surface area contributed by atoms with Crippen LogP contribution in [0, 0.1) is 0 Å². The van der Waals surface area contributed by atoms with Crippen molar-refractivity contribution in [3.8, 4) is 11.4 Å². The molecular formula is C25H22N4O3S. The van der Waals surface area contributed by atoms with Crippen molar-refractivity contribution in [3.05, 3.63) is 102 Å². The number of ether oxygens (including phenoxy) is 1. The Morgan fingerprint density at radius 1 is 0.848 bits per heavy atom. The highest BCUT2D eigenvalue weighted by atomic mass is 32.1. The number of aromatic nitrogens is 2. The van der Waals surface area contributed by atoms with Crippen LogP contribution >= 0.6 is 11.5 Å². The molecule has 3 aromatic carbocycles. The molecule has 0 radical (unpaired) electrons. The number of alkyl carbamates (subject to hydrolysis) is 1. The molecule has 0 spiro atoms. The molecule has 1 heterocycles. The van der Waals surface area contributed by atoms with Crippen LogP contribution in [0.3, 0.4) is 0 Å². The lowest BCUT2D eigenvalue weighted by atomic mass is 10.1. The molecule has 33 heavy (non-hydrogen) atoms. The molecule has 2 N–H and O–H groups in total. The van der Waals surface area contributed by atoms with Crippen molar-refractivity contribution in [2.75, 3.05) is 5.32 Å². The van der Waals surface area contributed by atoms with Gasteiger partial charge in [-0.2, -0.15) is 9.36 Å². The molecule has 4 aromatic rings. The van der Waals surface area contributed by atoms with Crippen molar-refractivity contribution in [2.24, 2.45) is 0 Å². The van der Waals surface area contributed by atoms with Gasteiger partial charge in [0.2, 0.25) is 11.0 Å². The first-order chi connectivity index (χ1) is 16.2. The number of anilines is 1. The Morgan fingerprint density at radius 3 is 2.12 bits per heavy atom. The third-order valence-electron chi connectivity index (χ3n) is 4.79. The van der Waals surface area contributed by atoms with E-state index in [2.05, 4.69) is 20.0 Å². The van der Waals surface area contributed by atoms with E-state index in [0.717, 1.165) is 28.2 Å². The van der Waals surface area contributed by atoms with Gasteiger partial charge in [-0.05, 0) is 11.1 Å². The van der Waals surface area contributed by atoms with Crippen molar-refractivity contribution in [3.63, 3.8) is 0 Å². The lowest BCUT2D eigenvalue weighted by Gasteiger charge is -2.17. The average Bonchev–Trinajstić information content (AvgIpc) is 3.33. The normalized spacial score (nSPS) is 11.4. The largest absolute Gasteiger partial charge is 0.445 e. The summed E-state index contributed by atoms with van der Waals surface area (Å²) in [6.07, 6.45) is -0.366. The minimum absolute atomic E-state index is 0.114. The second-order valence-corrected chi connectivity index (χ2v) is 7.98. The predicted molar refractivity (Wildman–Crippen MR) is 128 cm³/mol. The maximum absolute atomic E-state index is 13.0. The average molecular weight is 459 g/mol. The fraction of sp³-hybridized carbons (Fsp3) is 0.120. The molecular weight excluding hydrogens is 436 g/mol. The second-order valence-electron chi connectivity index (χ2n) is 7.23. The number of carbonyl (C=O) groups excluding carboxylic acids is 2. The van der Waals surface area contributed by atoms with Crippen molar-refractivity contribution in [2.45, 2.75) is 19.1 Å². The van der Waals surface area contributed by atoms with Crippen LogP contribution in [-0.2, 0) is 22.6 Å². The third-order valence-corrected chi connectivity index (χ3v) is 5.42. The number of carbonyl (C=O) groups is 2. The Kier molecular flexibility index (Phi) is 7.40. The maximum Gasteiger partial charge on any atom is 0.408 e. The summed E-state index contributed by atoms with van der Waals surface area (Å²) < 4.78 is 9.61. The van der Waals surface area contributed by atoms with E-state index in [0.29, 0.717) is 17.4 Å². The van der Waals surface area contributed by atoms with Gasteiger partial charge >= 0.3 is 6.09 Å². The van der Waals surface area contributed by atoms with Gasteiger partial charge in [-0.15, -0.1) is 0 Å². The molecule has 166 valence electrons. The van der Waals surface area contributed by atoms with Crippen molar-refractivity contribution >= 4 is 28.7 Å². The van der Waals surface area contributed by atoms with Crippen LogP contribution < -0.4 is 10.6 Å². The van der Waals surface area contributed by atoms with Crippen molar-refractivity contribution < 1.29 is 14.3 Å². The van der Waals surface area contributed by atoms with E-state index in [1.165, 1.54) is 0 Å². The molecule has 1 atom stereocenters. The smallest absolute Gasteiger partial charge is 0.408 e. The van der Waals surface area contributed by atoms with E-state index >= 15 is 0 Å². The van der Waals surface area contributed by atoms with Crippen molar-refractivity contribution in [1.29, 1.82) is 0 Å². The maximum atomic E-state index is 13.0. The van der Waals surface area contributed by atoms with Crippen molar-refractivity contribution in [1.82, 2.24) is 14.7 Å². The van der Waals surface area contributed by atoms with Crippen LogP contribution in [-0.4, -0.2) is 27.4 Å². The zero-order valence-electron chi connectivity index (χ0n) is 17.7. The third kappa shape index (κ3) is 6.47. The van der Waals surface area contributed by atoms with E-state index in [1.54, 1.807) is 0 Å². The van der Waals surface area contributed by atoms with Gasteiger partial charge in [0, 0.05) is 23.5 Å². The highest BCUT2D eigenvalue weighted by Gasteiger charge is 2.23. The monoisotopic (exact) mass is 458 g/mol. The van der Waals surface area contributed by atoms with E-state index in [4.69, 9.17) is 4.74 Å². The summed E-state index contributed by atoms with van der Waals surface area (Å²) in [5.41, 5.74) is 2.62. The van der Waals surface area contributed by atoms with Crippen LogP contribution in [0.15, 0.2) is 91.0 Å². The van der Waals surface area contributed by atoms with Gasteiger partial charge in [-0.25, -0.2) is 4.79 Å². The fourth-order valence-corrected chi connectivity index (χ4v) is 3.73.